The van der Waals surface area contributed by atoms with Crippen molar-refractivity contribution in [1.29, 1.82) is 0 Å². The van der Waals surface area contributed by atoms with E-state index in [1.54, 1.807) is 11.8 Å². The van der Waals surface area contributed by atoms with Crippen LogP contribution < -0.4 is 5.32 Å². The summed E-state index contributed by atoms with van der Waals surface area (Å²) in [7, 11) is 0. The number of hydrogen-bond acceptors (Lipinski definition) is 2. The van der Waals surface area contributed by atoms with E-state index in [1.165, 1.54) is 9.79 Å². The van der Waals surface area contributed by atoms with E-state index in [4.69, 9.17) is 11.6 Å². The first-order valence-electron chi connectivity index (χ1n) is 4.66. The maximum atomic E-state index is 5.95. The number of rotatable bonds is 0. The molecule has 2 aromatic carbocycles. The minimum absolute atomic E-state index is 0.765. The third-order valence-electron chi connectivity index (χ3n) is 2.32. The van der Waals surface area contributed by atoms with Crippen molar-refractivity contribution < 1.29 is 0 Å². The Morgan fingerprint density at radius 1 is 1.40 bits per heavy atom. The molecule has 1 N–H and O–H groups in total. The molecule has 1 aliphatic heterocycles. The molecule has 0 saturated heterocycles. The summed E-state index contributed by atoms with van der Waals surface area (Å²) in [5.74, 6) is 0. The van der Waals surface area contributed by atoms with Crippen molar-refractivity contribution in [2.24, 2.45) is 0 Å². The molecule has 0 aliphatic carbocycles. The summed E-state index contributed by atoms with van der Waals surface area (Å²) in [6.07, 6.45) is 0. The second-order valence-electron chi connectivity index (χ2n) is 3.36. The maximum absolute atomic E-state index is 5.95. The molecule has 0 spiro atoms. The van der Waals surface area contributed by atoms with Crippen LogP contribution >= 0.6 is 23.4 Å². The summed E-state index contributed by atoms with van der Waals surface area (Å²) in [4.78, 5) is 2.48. The summed E-state index contributed by atoms with van der Waals surface area (Å²) in [5, 5.41) is 4.14. The number of fused-ring (bicyclic) bond motifs is 2. The van der Waals surface area contributed by atoms with Gasteiger partial charge < -0.3 is 5.32 Å². The highest BCUT2D eigenvalue weighted by Gasteiger charge is 2.14. The van der Waals surface area contributed by atoms with Gasteiger partial charge in [0, 0.05) is 14.8 Å². The zero-order valence-electron chi connectivity index (χ0n) is 7.83. The molecule has 0 atom stereocenters. The summed E-state index contributed by atoms with van der Waals surface area (Å²) < 4.78 is 0. The molecule has 3 heteroatoms. The molecule has 0 aromatic heterocycles. The molecule has 1 aliphatic rings. The number of anilines is 2. The van der Waals surface area contributed by atoms with Gasteiger partial charge in [0.15, 0.2) is 0 Å². The third kappa shape index (κ3) is 1.60. The van der Waals surface area contributed by atoms with E-state index in [2.05, 4.69) is 23.5 Å². The van der Waals surface area contributed by atoms with Gasteiger partial charge >= 0.3 is 0 Å². The normalized spacial score (nSPS) is 12.6. The van der Waals surface area contributed by atoms with Gasteiger partial charge in [0.25, 0.3) is 0 Å². The quantitative estimate of drug-likeness (QED) is 0.616. The molecule has 1 nitrogen and oxygen atoms in total. The average molecular weight is 238 g/mol. The standard InChI is InChI=1S/C12H8ClNS/c13-8-5-6-12-10(7-8)14-9-3-1-2-4-11(9)15-12/h1-7,14H/i3+2,11+2. The van der Waals surface area contributed by atoms with Crippen LogP contribution in [0.25, 0.3) is 0 Å². The van der Waals surface area contributed by atoms with Crippen LogP contribution in [0, 0.1) is 0 Å². The fourth-order valence-corrected chi connectivity index (χ4v) is 2.75. The first-order valence-corrected chi connectivity index (χ1v) is 5.86. The molecule has 0 radical (unpaired) electrons. The maximum Gasteiger partial charge on any atom is 0.0541 e. The van der Waals surface area contributed by atoms with Crippen LogP contribution in [-0.2, 0) is 0 Å². The van der Waals surface area contributed by atoms with E-state index in [-0.39, 0.29) is 0 Å². The van der Waals surface area contributed by atoms with Gasteiger partial charge in [0.05, 0.1) is 11.4 Å². The molecule has 0 unspecified atom stereocenters. The van der Waals surface area contributed by atoms with E-state index >= 15 is 0 Å². The smallest absolute Gasteiger partial charge is 0.0541 e. The monoisotopic (exact) mass is 237 g/mol. The van der Waals surface area contributed by atoms with Gasteiger partial charge in [-0.25, -0.2) is 0 Å². The van der Waals surface area contributed by atoms with Gasteiger partial charge in [0.1, 0.15) is 0 Å². The number of benzene rings is 2. The second kappa shape index (κ2) is 3.47. The Morgan fingerprint density at radius 2 is 2.33 bits per heavy atom. The zero-order valence-corrected chi connectivity index (χ0v) is 9.40. The number of para-hydroxylation sites is 1. The van der Waals surface area contributed by atoms with Crippen molar-refractivity contribution in [3.05, 3.63) is 47.5 Å². The molecule has 74 valence electrons. The zero-order chi connectivity index (χ0) is 10.3. The molecule has 0 fully saturated rings. The molecule has 0 amide bonds. The molecular weight excluding hydrogens is 230 g/mol. The Morgan fingerprint density at radius 3 is 3.27 bits per heavy atom. The summed E-state index contributed by atoms with van der Waals surface area (Å²) in [6, 6.07) is 14.2. The van der Waals surface area contributed by atoms with Crippen LogP contribution in [-0.4, -0.2) is 0 Å². The average Bonchev–Trinajstić information content (AvgIpc) is 2.26. The van der Waals surface area contributed by atoms with Crippen LogP contribution in [0.4, 0.5) is 11.4 Å². The van der Waals surface area contributed by atoms with Gasteiger partial charge in [-0.3, -0.25) is 0 Å². The van der Waals surface area contributed by atoms with E-state index in [1.807, 2.05) is 24.3 Å². The topological polar surface area (TPSA) is 12.0 Å². The Balaban J connectivity index is 2.11. The Labute approximate surface area is 97.5 Å². The lowest BCUT2D eigenvalue weighted by molar-refractivity contribution is 1.32. The highest BCUT2D eigenvalue weighted by atomic mass is 35.5. The predicted octanol–water partition coefficient (Wildman–Crippen LogP) is 4.55. The minimum Gasteiger partial charge on any atom is -0.354 e. The predicted molar refractivity (Wildman–Crippen MR) is 65.3 cm³/mol. The van der Waals surface area contributed by atoms with Gasteiger partial charge in [0.2, 0.25) is 0 Å². The van der Waals surface area contributed by atoms with Crippen LogP contribution in [0.2, 0.25) is 5.02 Å². The third-order valence-corrected chi connectivity index (χ3v) is 3.70. The molecule has 0 bridgehead atoms. The van der Waals surface area contributed by atoms with Crippen LogP contribution in [0.15, 0.2) is 52.3 Å². The summed E-state index contributed by atoms with van der Waals surface area (Å²) in [5.41, 5.74) is 2.24. The lowest BCUT2D eigenvalue weighted by Crippen LogP contribution is -1.98. The number of nitrogens with one attached hydrogen (secondary N) is 1. The van der Waals surface area contributed by atoms with Crippen molar-refractivity contribution in [1.82, 2.24) is 0 Å². The molecular formula is C12H8ClNS. The van der Waals surface area contributed by atoms with Gasteiger partial charge in [-0.15, -0.1) is 0 Å². The second-order valence-corrected chi connectivity index (χ2v) is 4.88. The SMILES string of the molecule is Clc1ccc2c(c1)Nc1[14cH]ccc[14c]1S2. The van der Waals surface area contributed by atoms with E-state index in [0.717, 1.165) is 16.4 Å². The van der Waals surface area contributed by atoms with Gasteiger partial charge in [-0.05, 0) is 30.3 Å². The van der Waals surface area contributed by atoms with Crippen LogP contribution in [0.5, 0.6) is 0 Å². The largest absolute Gasteiger partial charge is 0.354 e. The summed E-state index contributed by atoms with van der Waals surface area (Å²) >= 11 is 7.72. The lowest BCUT2D eigenvalue weighted by Gasteiger charge is -2.20. The van der Waals surface area contributed by atoms with E-state index < -0.39 is 0 Å². The Kier molecular flexibility index (Phi) is 2.11. The van der Waals surface area contributed by atoms with Crippen molar-refractivity contribution in [2.45, 2.75) is 9.79 Å². The highest BCUT2D eigenvalue weighted by molar-refractivity contribution is 7.99. The van der Waals surface area contributed by atoms with Crippen LogP contribution in [0.1, 0.15) is 0 Å². The fraction of sp³-hybridized carbons (Fsp3) is 0. The van der Waals surface area contributed by atoms with Crippen molar-refractivity contribution in [2.75, 3.05) is 5.32 Å². The first kappa shape index (κ1) is 9.13. The Hall–Kier alpha value is -1.12. The van der Waals surface area contributed by atoms with E-state index in [0.29, 0.717) is 0 Å². The van der Waals surface area contributed by atoms with Gasteiger partial charge in [-0.1, -0.05) is 35.5 Å². The molecule has 15 heavy (non-hydrogen) atoms. The number of hydrogen-bond donors (Lipinski definition) is 1. The van der Waals surface area contributed by atoms with Crippen molar-refractivity contribution in [3.8, 4) is 0 Å². The summed E-state index contributed by atoms with van der Waals surface area (Å²) in [6.45, 7) is 0. The molecule has 3 rings (SSSR count). The molecule has 2 aromatic rings. The van der Waals surface area contributed by atoms with Crippen molar-refractivity contribution in [3.63, 3.8) is 0 Å². The lowest BCUT2D eigenvalue weighted by atomic mass is 10.3. The van der Waals surface area contributed by atoms with E-state index in [9.17, 15) is 0 Å². The van der Waals surface area contributed by atoms with Crippen LogP contribution in [0.3, 0.4) is 0 Å². The van der Waals surface area contributed by atoms with Gasteiger partial charge in [-0.2, -0.15) is 0 Å². The molecule has 0 saturated carbocycles. The fourth-order valence-electron chi connectivity index (χ4n) is 1.61. The number of halogens is 1. The van der Waals surface area contributed by atoms with Crippen molar-refractivity contribution >= 4 is 34.7 Å². The molecule has 1 heterocycles. The highest BCUT2D eigenvalue weighted by Crippen LogP contribution is 2.44. The Bertz CT molecular complexity index is 525. The first-order chi connectivity index (χ1) is 7.33. The minimum atomic E-state index is 0.765.